The van der Waals surface area contributed by atoms with Gasteiger partial charge in [0, 0.05) is 24.6 Å². The molecule has 0 amide bonds. The van der Waals surface area contributed by atoms with Gasteiger partial charge in [-0.15, -0.1) is 0 Å². The van der Waals surface area contributed by atoms with Crippen molar-refractivity contribution >= 4 is 5.82 Å². The Labute approximate surface area is 81.4 Å². The van der Waals surface area contributed by atoms with Gasteiger partial charge >= 0.3 is 0 Å². The minimum absolute atomic E-state index is 0.0807. The van der Waals surface area contributed by atoms with Crippen molar-refractivity contribution < 1.29 is 8.78 Å². The van der Waals surface area contributed by atoms with Crippen LogP contribution in [0.4, 0.5) is 14.6 Å². The highest BCUT2D eigenvalue weighted by atomic mass is 19.3. The Bertz CT molecular complexity index is 331. The summed E-state index contributed by atoms with van der Waals surface area (Å²) >= 11 is 0. The van der Waals surface area contributed by atoms with Crippen LogP contribution in [0, 0.1) is 6.92 Å². The molecule has 1 N–H and O–H groups in total. The zero-order chi connectivity index (χ0) is 10.2. The second-order valence-corrected chi connectivity index (χ2v) is 3.77. The molecule has 1 aromatic heterocycles. The van der Waals surface area contributed by atoms with E-state index >= 15 is 0 Å². The Balaban J connectivity index is 1.93. The molecule has 1 aromatic rings. The van der Waals surface area contributed by atoms with E-state index in [0.717, 1.165) is 5.69 Å². The monoisotopic (exact) mass is 198 g/mol. The van der Waals surface area contributed by atoms with Crippen molar-refractivity contribution in [1.82, 2.24) is 4.98 Å². The van der Waals surface area contributed by atoms with Crippen molar-refractivity contribution in [2.24, 2.45) is 0 Å². The maximum atomic E-state index is 12.5. The third kappa shape index (κ3) is 2.00. The van der Waals surface area contributed by atoms with Crippen molar-refractivity contribution in [3.8, 4) is 0 Å². The number of alkyl halides is 2. The fourth-order valence-electron chi connectivity index (χ4n) is 1.60. The number of anilines is 1. The molecule has 4 heteroatoms. The molecular weight excluding hydrogens is 186 g/mol. The molecule has 0 aromatic carbocycles. The van der Waals surface area contributed by atoms with Gasteiger partial charge < -0.3 is 5.32 Å². The van der Waals surface area contributed by atoms with Gasteiger partial charge in [0.1, 0.15) is 5.82 Å². The number of nitrogens with one attached hydrogen (secondary N) is 1. The quantitative estimate of drug-likeness (QED) is 0.790. The summed E-state index contributed by atoms with van der Waals surface area (Å²) < 4.78 is 25.0. The molecule has 1 heterocycles. The van der Waals surface area contributed by atoms with E-state index in [1.807, 2.05) is 19.1 Å². The average molecular weight is 198 g/mol. The van der Waals surface area contributed by atoms with E-state index in [1.54, 1.807) is 6.07 Å². The number of aromatic nitrogens is 1. The molecule has 0 unspecified atom stereocenters. The SMILES string of the molecule is Cc1cccc(NC2CC(F)(F)C2)n1. The van der Waals surface area contributed by atoms with Crippen molar-refractivity contribution in [2.45, 2.75) is 31.7 Å². The van der Waals surface area contributed by atoms with Gasteiger partial charge in [-0.2, -0.15) is 0 Å². The lowest BCUT2D eigenvalue weighted by Gasteiger charge is -2.35. The number of hydrogen-bond acceptors (Lipinski definition) is 2. The summed E-state index contributed by atoms with van der Waals surface area (Å²) in [5.41, 5.74) is 0.890. The summed E-state index contributed by atoms with van der Waals surface area (Å²) in [6.07, 6.45) is -0.161. The maximum Gasteiger partial charge on any atom is 0.252 e. The summed E-state index contributed by atoms with van der Waals surface area (Å²) in [5.74, 6) is -1.79. The number of pyridine rings is 1. The molecule has 0 radical (unpaired) electrons. The molecule has 14 heavy (non-hydrogen) atoms. The van der Waals surface area contributed by atoms with Gasteiger partial charge in [0.05, 0.1) is 0 Å². The Kier molecular flexibility index (Phi) is 2.13. The summed E-state index contributed by atoms with van der Waals surface area (Å²) in [5, 5.41) is 2.98. The fourth-order valence-corrected chi connectivity index (χ4v) is 1.60. The van der Waals surface area contributed by atoms with Crippen LogP contribution < -0.4 is 5.32 Å². The van der Waals surface area contributed by atoms with E-state index in [0.29, 0.717) is 5.82 Å². The molecule has 0 spiro atoms. The molecule has 2 rings (SSSR count). The molecule has 2 nitrogen and oxygen atoms in total. The van der Waals surface area contributed by atoms with Gasteiger partial charge in [-0.1, -0.05) is 6.07 Å². The maximum absolute atomic E-state index is 12.5. The first-order valence-corrected chi connectivity index (χ1v) is 4.63. The average Bonchev–Trinajstić information content (AvgIpc) is 2.00. The topological polar surface area (TPSA) is 24.9 Å². The van der Waals surface area contributed by atoms with Crippen LogP contribution in [0.3, 0.4) is 0 Å². The van der Waals surface area contributed by atoms with E-state index in [9.17, 15) is 8.78 Å². The molecule has 76 valence electrons. The predicted octanol–water partition coefficient (Wildman–Crippen LogP) is 2.60. The second-order valence-electron chi connectivity index (χ2n) is 3.77. The number of halogens is 2. The van der Waals surface area contributed by atoms with Crippen LogP contribution in [0.5, 0.6) is 0 Å². The van der Waals surface area contributed by atoms with Crippen LogP contribution in [0.25, 0.3) is 0 Å². The zero-order valence-electron chi connectivity index (χ0n) is 7.93. The predicted molar refractivity (Wildman–Crippen MR) is 50.6 cm³/mol. The molecule has 1 aliphatic rings. The van der Waals surface area contributed by atoms with E-state index in [2.05, 4.69) is 10.3 Å². The van der Waals surface area contributed by atoms with Gasteiger partial charge in [-0.25, -0.2) is 13.8 Å². The molecule has 1 aliphatic carbocycles. The minimum Gasteiger partial charge on any atom is -0.367 e. The Hall–Kier alpha value is -1.19. The number of nitrogens with zero attached hydrogens (tertiary/aromatic N) is 1. The number of rotatable bonds is 2. The van der Waals surface area contributed by atoms with Crippen molar-refractivity contribution in [1.29, 1.82) is 0 Å². The largest absolute Gasteiger partial charge is 0.367 e. The van der Waals surface area contributed by atoms with Crippen molar-refractivity contribution in [3.05, 3.63) is 23.9 Å². The highest BCUT2D eigenvalue weighted by Gasteiger charge is 2.45. The summed E-state index contributed by atoms with van der Waals surface area (Å²) in [6, 6.07) is 5.41. The first-order valence-electron chi connectivity index (χ1n) is 4.63. The van der Waals surface area contributed by atoms with Crippen LogP contribution in [0.2, 0.25) is 0 Å². The summed E-state index contributed by atoms with van der Waals surface area (Å²) in [4.78, 5) is 4.19. The van der Waals surface area contributed by atoms with Crippen molar-refractivity contribution in [3.63, 3.8) is 0 Å². The van der Waals surface area contributed by atoms with Gasteiger partial charge in [0.2, 0.25) is 0 Å². The normalized spacial score (nSPS) is 20.2. The van der Waals surface area contributed by atoms with E-state index in [-0.39, 0.29) is 18.9 Å². The lowest BCUT2D eigenvalue weighted by molar-refractivity contribution is -0.0794. The molecule has 0 atom stereocenters. The summed E-state index contributed by atoms with van der Waals surface area (Å²) in [6.45, 7) is 1.88. The first kappa shape index (κ1) is 9.37. The lowest BCUT2D eigenvalue weighted by Crippen LogP contribution is -2.44. The van der Waals surface area contributed by atoms with Crippen LogP contribution in [-0.4, -0.2) is 16.9 Å². The summed E-state index contributed by atoms with van der Waals surface area (Å²) in [7, 11) is 0. The van der Waals surface area contributed by atoms with Gasteiger partial charge in [-0.05, 0) is 19.1 Å². The zero-order valence-corrected chi connectivity index (χ0v) is 7.93. The minimum atomic E-state index is -2.47. The smallest absolute Gasteiger partial charge is 0.252 e. The van der Waals surface area contributed by atoms with E-state index in [4.69, 9.17) is 0 Å². The standard InChI is InChI=1S/C10H12F2N2/c1-7-3-2-4-9(13-7)14-8-5-10(11,12)6-8/h2-4,8H,5-6H2,1H3,(H,13,14). The molecule has 0 aliphatic heterocycles. The van der Waals surface area contributed by atoms with Crippen molar-refractivity contribution in [2.75, 3.05) is 5.32 Å². The van der Waals surface area contributed by atoms with Crippen LogP contribution in [0.15, 0.2) is 18.2 Å². The van der Waals surface area contributed by atoms with Crippen LogP contribution in [-0.2, 0) is 0 Å². The molecule has 0 bridgehead atoms. The highest BCUT2D eigenvalue weighted by Crippen LogP contribution is 2.38. The molecule has 1 fully saturated rings. The first-order chi connectivity index (χ1) is 6.55. The Morgan fingerprint density at radius 3 is 2.71 bits per heavy atom. The highest BCUT2D eigenvalue weighted by molar-refractivity contribution is 5.37. The van der Waals surface area contributed by atoms with Gasteiger partial charge in [0.25, 0.3) is 5.92 Å². The number of aryl methyl sites for hydroxylation is 1. The van der Waals surface area contributed by atoms with Crippen LogP contribution in [0.1, 0.15) is 18.5 Å². The van der Waals surface area contributed by atoms with Crippen LogP contribution >= 0.6 is 0 Å². The molecular formula is C10H12F2N2. The van der Waals surface area contributed by atoms with Gasteiger partial charge in [0.15, 0.2) is 0 Å². The fraction of sp³-hybridized carbons (Fsp3) is 0.500. The molecule has 1 saturated carbocycles. The lowest BCUT2D eigenvalue weighted by atomic mass is 9.88. The third-order valence-corrected chi connectivity index (χ3v) is 2.33. The Morgan fingerprint density at radius 1 is 1.43 bits per heavy atom. The van der Waals surface area contributed by atoms with Gasteiger partial charge in [-0.3, -0.25) is 0 Å². The van der Waals surface area contributed by atoms with E-state index in [1.165, 1.54) is 0 Å². The molecule has 0 saturated heterocycles. The van der Waals surface area contributed by atoms with E-state index < -0.39 is 5.92 Å². The number of hydrogen-bond donors (Lipinski definition) is 1. The Morgan fingerprint density at radius 2 is 2.14 bits per heavy atom. The third-order valence-electron chi connectivity index (χ3n) is 2.33. The second kappa shape index (κ2) is 3.19.